The molecule has 0 spiro atoms. The summed E-state index contributed by atoms with van der Waals surface area (Å²) in [5.74, 6) is 0.585. The van der Waals surface area contributed by atoms with Crippen molar-refractivity contribution >= 4 is 11.6 Å². The molecule has 3 aliphatic heterocycles. The van der Waals surface area contributed by atoms with Crippen LogP contribution in [-0.4, -0.2) is 40.8 Å². The van der Waals surface area contributed by atoms with Gasteiger partial charge in [0.2, 0.25) is 5.91 Å². The minimum atomic E-state index is 0.130. The number of carbonyl (C=O) groups excluding carboxylic acids is 1. The second-order valence-electron chi connectivity index (χ2n) is 5.92. The van der Waals surface area contributed by atoms with E-state index in [2.05, 4.69) is 17.9 Å². The molecule has 100 valence electrons. The monoisotopic (exact) mass is 258 g/mol. The lowest BCUT2D eigenvalue weighted by atomic mass is 9.97. The maximum atomic E-state index is 12.4. The second-order valence-corrected chi connectivity index (χ2v) is 5.92. The summed E-state index contributed by atoms with van der Waals surface area (Å²) in [6.07, 6.45) is 1.63. The first kappa shape index (κ1) is 11.4. The van der Waals surface area contributed by atoms with Gasteiger partial charge >= 0.3 is 0 Å². The topological polar surface area (TPSA) is 43.8 Å². The minimum absolute atomic E-state index is 0.130. The number of hydrogen-bond acceptors (Lipinski definition) is 3. The molecule has 1 N–H and O–H groups in total. The van der Waals surface area contributed by atoms with Crippen LogP contribution in [0.2, 0.25) is 0 Å². The Hall–Kier alpha value is -1.39. The van der Waals surface area contributed by atoms with E-state index in [9.17, 15) is 9.90 Å². The highest BCUT2D eigenvalue weighted by Crippen LogP contribution is 2.52. The van der Waals surface area contributed by atoms with Crippen LogP contribution in [0.15, 0.2) is 24.3 Å². The molecule has 2 saturated heterocycles. The first-order valence-electron chi connectivity index (χ1n) is 7.01. The summed E-state index contributed by atoms with van der Waals surface area (Å²) in [5.41, 5.74) is 2.35. The molecule has 19 heavy (non-hydrogen) atoms. The first-order chi connectivity index (χ1) is 9.22. The number of aliphatic hydroxyl groups excluding tert-OH is 1. The molecule has 1 aromatic carbocycles. The number of amides is 1. The number of carbonyl (C=O) groups is 1. The molecule has 0 saturated carbocycles. The van der Waals surface area contributed by atoms with E-state index in [1.165, 1.54) is 5.56 Å². The third-order valence-electron chi connectivity index (χ3n) is 4.93. The van der Waals surface area contributed by atoms with Crippen LogP contribution in [0.3, 0.4) is 0 Å². The molecule has 0 aliphatic carbocycles. The molecule has 4 heteroatoms. The average Bonchev–Trinajstić information content (AvgIpc) is 2.92. The highest BCUT2D eigenvalue weighted by Gasteiger charge is 2.55. The zero-order chi connectivity index (χ0) is 13.1. The number of fused-ring (bicyclic) bond motifs is 3. The predicted molar refractivity (Wildman–Crippen MR) is 71.9 cm³/mol. The van der Waals surface area contributed by atoms with Crippen molar-refractivity contribution in [3.05, 3.63) is 29.8 Å². The average molecular weight is 258 g/mol. The number of rotatable bonds is 1. The van der Waals surface area contributed by atoms with Crippen molar-refractivity contribution < 1.29 is 9.90 Å². The summed E-state index contributed by atoms with van der Waals surface area (Å²) < 4.78 is 0. The molecule has 1 amide bonds. The van der Waals surface area contributed by atoms with Crippen molar-refractivity contribution in [2.45, 2.75) is 43.9 Å². The van der Waals surface area contributed by atoms with Gasteiger partial charge < -0.3 is 5.11 Å². The zero-order valence-electron chi connectivity index (χ0n) is 11.0. The lowest BCUT2D eigenvalue weighted by Gasteiger charge is -2.43. The van der Waals surface area contributed by atoms with Crippen molar-refractivity contribution in [2.24, 2.45) is 0 Å². The maximum absolute atomic E-state index is 12.4. The van der Waals surface area contributed by atoms with Gasteiger partial charge in [-0.1, -0.05) is 18.2 Å². The number of aliphatic hydroxyl groups is 1. The molecule has 3 heterocycles. The number of nitrogens with zero attached hydrogens (tertiary/aromatic N) is 2. The number of para-hydroxylation sites is 1. The van der Waals surface area contributed by atoms with Gasteiger partial charge in [-0.25, -0.2) is 0 Å². The zero-order valence-corrected chi connectivity index (χ0v) is 11.0. The van der Waals surface area contributed by atoms with Crippen molar-refractivity contribution in [3.8, 4) is 0 Å². The normalized spacial score (nSPS) is 36.5. The largest absolute Gasteiger partial charge is 0.395 e. The lowest BCUT2D eigenvalue weighted by molar-refractivity contribution is -0.124. The standard InChI is InChI=1S/C15H18N2O2/c1-9-6-14(19)17-13-5-3-2-4-11(13)12-7-10(8-18)16(9)15(12)17/h2-5,9-10,12,15,18H,6-8H2,1H3/t9-,10-,12+,15-/m0/s1. The Balaban J connectivity index is 1.87. The van der Waals surface area contributed by atoms with Gasteiger partial charge in [-0.2, -0.15) is 0 Å². The minimum Gasteiger partial charge on any atom is -0.395 e. The SMILES string of the molecule is C[C@H]1CC(=O)N2c3ccccc3[C@H]3C[C@@H](CO)N1[C@H]32. The van der Waals surface area contributed by atoms with Gasteiger partial charge in [0, 0.05) is 30.1 Å². The summed E-state index contributed by atoms with van der Waals surface area (Å²) in [6, 6.07) is 8.64. The third-order valence-corrected chi connectivity index (χ3v) is 4.93. The van der Waals surface area contributed by atoms with E-state index in [0.29, 0.717) is 12.3 Å². The van der Waals surface area contributed by atoms with Gasteiger partial charge in [-0.15, -0.1) is 0 Å². The van der Waals surface area contributed by atoms with E-state index in [1.54, 1.807) is 0 Å². The van der Waals surface area contributed by atoms with Crippen molar-refractivity contribution in [1.29, 1.82) is 0 Å². The van der Waals surface area contributed by atoms with E-state index in [4.69, 9.17) is 0 Å². The molecule has 4 nitrogen and oxygen atoms in total. The predicted octanol–water partition coefficient (Wildman–Crippen LogP) is 1.30. The smallest absolute Gasteiger partial charge is 0.229 e. The Morgan fingerprint density at radius 3 is 2.95 bits per heavy atom. The Morgan fingerprint density at radius 2 is 2.16 bits per heavy atom. The van der Waals surface area contributed by atoms with Crippen LogP contribution in [0.5, 0.6) is 0 Å². The molecular weight excluding hydrogens is 240 g/mol. The first-order valence-corrected chi connectivity index (χ1v) is 7.01. The molecule has 0 bridgehead atoms. The van der Waals surface area contributed by atoms with Gasteiger partial charge in [0.05, 0.1) is 12.8 Å². The Kier molecular flexibility index (Phi) is 2.29. The molecule has 2 fully saturated rings. The van der Waals surface area contributed by atoms with Gasteiger partial charge in [0.1, 0.15) is 0 Å². The quantitative estimate of drug-likeness (QED) is 0.826. The second kappa shape index (κ2) is 3.81. The summed E-state index contributed by atoms with van der Waals surface area (Å²) in [4.78, 5) is 16.7. The molecular formula is C15H18N2O2. The molecule has 4 rings (SSSR count). The summed E-state index contributed by atoms with van der Waals surface area (Å²) in [6.45, 7) is 2.28. The fourth-order valence-electron chi connectivity index (χ4n) is 4.25. The Bertz CT molecular complexity index is 545. The van der Waals surface area contributed by atoms with E-state index in [-0.39, 0.29) is 30.8 Å². The third kappa shape index (κ3) is 1.33. The van der Waals surface area contributed by atoms with Crippen LogP contribution in [0, 0.1) is 0 Å². The molecule has 0 unspecified atom stereocenters. The van der Waals surface area contributed by atoms with Crippen LogP contribution < -0.4 is 4.90 Å². The van der Waals surface area contributed by atoms with Gasteiger partial charge in [-0.3, -0.25) is 14.6 Å². The number of benzene rings is 1. The molecule has 0 aromatic heterocycles. The van der Waals surface area contributed by atoms with Crippen LogP contribution >= 0.6 is 0 Å². The molecule has 0 radical (unpaired) electrons. The van der Waals surface area contributed by atoms with Gasteiger partial charge in [0.15, 0.2) is 0 Å². The molecule has 4 atom stereocenters. The summed E-state index contributed by atoms with van der Waals surface area (Å²) in [5, 5.41) is 9.62. The van der Waals surface area contributed by atoms with Crippen LogP contribution in [0.25, 0.3) is 0 Å². The van der Waals surface area contributed by atoms with Gasteiger partial charge in [-0.05, 0) is 25.0 Å². The van der Waals surface area contributed by atoms with E-state index in [0.717, 1.165) is 12.1 Å². The van der Waals surface area contributed by atoms with E-state index in [1.807, 2.05) is 23.1 Å². The van der Waals surface area contributed by atoms with Crippen LogP contribution in [0.4, 0.5) is 5.69 Å². The van der Waals surface area contributed by atoms with Crippen molar-refractivity contribution in [1.82, 2.24) is 4.90 Å². The highest BCUT2D eigenvalue weighted by molar-refractivity contribution is 5.98. The maximum Gasteiger partial charge on any atom is 0.229 e. The van der Waals surface area contributed by atoms with Crippen LogP contribution in [-0.2, 0) is 4.79 Å². The summed E-state index contributed by atoms with van der Waals surface area (Å²) >= 11 is 0. The number of hydrogen-bond donors (Lipinski definition) is 1. The Morgan fingerprint density at radius 1 is 1.37 bits per heavy atom. The highest BCUT2D eigenvalue weighted by atomic mass is 16.3. The lowest BCUT2D eigenvalue weighted by Crippen LogP contribution is -2.59. The van der Waals surface area contributed by atoms with E-state index >= 15 is 0 Å². The van der Waals surface area contributed by atoms with Gasteiger partial charge in [0.25, 0.3) is 0 Å². The van der Waals surface area contributed by atoms with E-state index < -0.39 is 0 Å². The molecule has 1 aromatic rings. The fraction of sp³-hybridized carbons (Fsp3) is 0.533. The van der Waals surface area contributed by atoms with Crippen LogP contribution in [0.1, 0.15) is 31.2 Å². The summed E-state index contributed by atoms with van der Waals surface area (Å²) in [7, 11) is 0. The van der Waals surface area contributed by atoms with Crippen molar-refractivity contribution in [3.63, 3.8) is 0 Å². The fourth-order valence-corrected chi connectivity index (χ4v) is 4.25. The van der Waals surface area contributed by atoms with Crippen molar-refractivity contribution in [2.75, 3.05) is 11.5 Å². The Labute approximate surface area is 112 Å². The molecule has 3 aliphatic rings. The number of anilines is 1.